The Hall–Kier alpha value is -7.27. The molecule has 0 aliphatic heterocycles. The molecule has 343 valence electrons. The second-order valence-corrected chi connectivity index (χ2v) is 13.9. The zero-order valence-corrected chi connectivity index (χ0v) is 39.3. The maximum Gasteiger partial charge on any atom is 0.354 e. The Morgan fingerprint density at radius 1 is 0.403 bits per heavy atom. The van der Waals surface area contributed by atoms with Crippen molar-refractivity contribution in [1.82, 2.24) is 30.9 Å². The molecule has 0 spiro atoms. The van der Waals surface area contributed by atoms with Gasteiger partial charge in [0.25, 0.3) is 17.7 Å². The van der Waals surface area contributed by atoms with Crippen molar-refractivity contribution in [2.75, 3.05) is 19.6 Å². The maximum absolute atomic E-state index is 11.9. The molecule has 0 aliphatic rings. The summed E-state index contributed by atoms with van der Waals surface area (Å²) in [5.41, 5.74) is 6.96. The largest absolute Gasteiger partial charge is 0.477 e. The average molecular weight is 1040 g/mol. The van der Waals surface area contributed by atoms with Crippen LogP contribution in [0.1, 0.15) is 100 Å². The van der Waals surface area contributed by atoms with Gasteiger partial charge in [-0.3, -0.25) is 14.4 Å². The summed E-state index contributed by atoms with van der Waals surface area (Å²) in [6, 6.07) is 31.4. The molecule has 0 saturated heterocycles. The van der Waals surface area contributed by atoms with Crippen molar-refractivity contribution in [1.29, 1.82) is 0 Å². The monoisotopic (exact) mass is 1040 g/mol. The number of hydrogen-bond acceptors (Lipinski definition) is 9. The molecule has 0 unspecified atom stereocenters. The van der Waals surface area contributed by atoms with Crippen molar-refractivity contribution in [2.24, 2.45) is 0 Å². The summed E-state index contributed by atoms with van der Waals surface area (Å²) in [6.07, 6.45) is 5.16. The van der Waals surface area contributed by atoms with Crippen LogP contribution in [0.2, 0.25) is 0 Å². The Morgan fingerprint density at radius 2 is 0.612 bits per heavy atom. The normalized spacial score (nSPS) is 9.90. The SMILES string of the molecule is C=Cc1ccc(-c2cc(C(=O)O)nc(C(=O)NCC)c2)cc1.C=Cc1ccc(-c2cc(C(=O)O)nc(C(=O)NCC)c2)cc1.C=Cc1ccc(-c2cc(C(=O)O)nc(C(=O)NCC)c2)cc1.[Eu]. The molecule has 3 heterocycles. The van der Waals surface area contributed by atoms with Crippen molar-refractivity contribution < 1.29 is 93.5 Å². The quantitative estimate of drug-likeness (QED) is 0.0568. The molecule has 0 bridgehead atoms. The first-order valence-electron chi connectivity index (χ1n) is 20.4. The van der Waals surface area contributed by atoms with Crippen LogP contribution in [0.25, 0.3) is 51.6 Å². The van der Waals surface area contributed by atoms with E-state index in [4.69, 9.17) is 15.3 Å². The molecule has 0 atom stereocenters. The number of carbonyl (C=O) groups excluding carboxylic acids is 3. The minimum atomic E-state index is -1.17. The molecule has 0 saturated carbocycles. The Bertz CT molecular complexity index is 2470. The van der Waals surface area contributed by atoms with Gasteiger partial charge in [-0.2, -0.15) is 0 Å². The van der Waals surface area contributed by atoms with E-state index in [1.807, 2.05) is 72.8 Å². The van der Waals surface area contributed by atoms with Crippen LogP contribution in [0, 0.1) is 49.4 Å². The number of rotatable bonds is 15. The van der Waals surface area contributed by atoms with E-state index in [-0.39, 0.29) is 83.5 Å². The van der Waals surface area contributed by atoms with Gasteiger partial charge < -0.3 is 31.3 Å². The van der Waals surface area contributed by atoms with Gasteiger partial charge in [0, 0.05) is 69.0 Å². The summed E-state index contributed by atoms with van der Waals surface area (Å²) in [6.45, 7) is 17.8. The summed E-state index contributed by atoms with van der Waals surface area (Å²) < 4.78 is 0. The number of nitrogens with zero attached hydrogens (tertiary/aromatic N) is 3. The summed E-state index contributed by atoms with van der Waals surface area (Å²) in [5.74, 6) is -4.70. The van der Waals surface area contributed by atoms with Crippen molar-refractivity contribution in [2.45, 2.75) is 20.8 Å². The van der Waals surface area contributed by atoms with Gasteiger partial charge in [0.2, 0.25) is 0 Å². The number of carboxylic acid groups (broad SMARTS) is 3. The van der Waals surface area contributed by atoms with Crippen molar-refractivity contribution in [3.63, 3.8) is 0 Å². The number of carbonyl (C=O) groups is 6. The molecular formula is C51H48EuN6O9. The van der Waals surface area contributed by atoms with E-state index in [1.54, 1.807) is 57.2 Å². The summed E-state index contributed by atoms with van der Waals surface area (Å²) >= 11 is 0. The Kier molecular flexibility index (Phi) is 21.5. The maximum atomic E-state index is 11.9. The number of amides is 3. The molecule has 6 N–H and O–H groups in total. The standard InChI is InChI=1S/3C17H16N2O3.Eu/c3*1-3-11-5-7-12(8-6-11)13-9-14(16(20)18-4-2)19-15(10-13)17(21)22;/h3*3,5-10H,1,4H2,2H3,(H,18,20)(H,21,22);. The molecule has 15 nitrogen and oxygen atoms in total. The number of pyridine rings is 3. The van der Waals surface area contributed by atoms with E-state index in [0.29, 0.717) is 36.3 Å². The van der Waals surface area contributed by atoms with Gasteiger partial charge in [0.15, 0.2) is 0 Å². The van der Waals surface area contributed by atoms with Crippen LogP contribution in [0.4, 0.5) is 0 Å². The summed E-state index contributed by atoms with van der Waals surface area (Å²) in [4.78, 5) is 81.1. The minimum Gasteiger partial charge on any atom is -0.477 e. The van der Waals surface area contributed by atoms with Crippen LogP contribution >= 0.6 is 0 Å². The Balaban J connectivity index is 0.000000264. The number of nitrogens with one attached hydrogen (secondary N) is 3. The first kappa shape index (κ1) is 54.1. The molecule has 0 fully saturated rings. The van der Waals surface area contributed by atoms with Gasteiger partial charge in [-0.05, 0) is 107 Å². The van der Waals surface area contributed by atoms with E-state index in [9.17, 15) is 28.8 Å². The van der Waals surface area contributed by atoms with Gasteiger partial charge in [-0.1, -0.05) is 111 Å². The molecule has 6 aromatic rings. The van der Waals surface area contributed by atoms with Crippen LogP contribution in [0.15, 0.2) is 129 Å². The molecule has 67 heavy (non-hydrogen) atoms. The zero-order chi connectivity index (χ0) is 48.3. The van der Waals surface area contributed by atoms with Crippen molar-refractivity contribution in [3.05, 3.63) is 180 Å². The van der Waals surface area contributed by atoms with Gasteiger partial charge >= 0.3 is 17.9 Å². The fourth-order valence-corrected chi connectivity index (χ4v) is 5.96. The van der Waals surface area contributed by atoms with Crippen LogP contribution in [-0.2, 0) is 0 Å². The smallest absolute Gasteiger partial charge is 0.354 e. The van der Waals surface area contributed by atoms with Crippen LogP contribution < -0.4 is 16.0 Å². The molecular weight excluding hydrogens is 993 g/mol. The van der Waals surface area contributed by atoms with E-state index >= 15 is 0 Å². The predicted octanol–water partition coefficient (Wildman–Crippen LogP) is 8.52. The first-order chi connectivity index (χ1) is 31.6. The van der Waals surface area contributed by atoms with Gasteiger partial charge in [0.1, 0.15) is 34.2 Å². The fraction of sp³-hybridized carbons (Fsp3) is 0.118. The fourth-order valence-electron chi connectivity index (χ4n) is 5.96. The number of benzene rings is 3. The molecule has 3 amide bonds. The summed E-state index contributed by atoms with van der Waals surface area (Å²) in [5, 5.41) is 35.4. The molecule has 3 aromatic carbocycles. The third-order valence-corrected chi connectivity index (χ3v) is 9.28. The molecule has 16 heteroatoms. The molecule has 0 aliphatic carbocycles. The van der Waals surface area contributed by atoms with Gasteiger partial charge in [-0.15, -0.1) is 0 Å². The first-order valence-corrected chi connectivity index (χ1v) is 20.4. The predicted molar refractivity (Wildman–Crippen MR) is 254 cm³/mol. The second kappa shape index (κ2) is 26.6. The Morgan fingerprint density at radius 3 is 0.791 bits per heavy atom. The number of aromatic nitrogens is 3. The van der Waals surface area contributed by atoms with E-state index in [0.717, 1.165) is 33.4 Å². The van der Waals surface area contributed by atoms with E-state index in [1.165, 1.54) is 18.2 Å². The van der Waals surface area contributed by atoms with E-state index in [2.05, 4.69) is 50.6 Å². The minimum absolute atomic E-state index is 0. The van der Waals surface area contributed by atoms with Crippen LogP contribution in [-0.4, -0.2) is 85.5 Å². The van der Waals surface area contributed by atoms with E-state index < -0.39 is 35.6 Å². The van der Waals surface area contributed by atoms with Gasteiger partial charge in [0.05, 0.1) is 0 Å². The average Bonchev–Trinajstić information content (AvgIpc) is 3.34. The van der Waals surface area contributed by atoms with Crippen molar-refractivity contribution in [3.8, 4) is 33.4 Å². The van der Waals surface area contributed by atoms with Gasteiger partial charge in [-0.25, -0.2) is 29.3 Å². The zero-order valence-electron chi connectivity index (χ0n) is 36.9. The third-order valence-electron chi connectivity index (χ3n) is 9.28. The molecule has 1 radical (unpaired) electrons. The Labute approximate surface area is 428 Å². The van der Waals surface area contributed by atoms with Crippen LogP contribution in [0.3, 0.4) is 0 Å². The second-order valence-electron chi connectivity index (χ2n) is 13.9. The van der Waals surface area contributed by atoms with Crippen molar-refractivity contribution >= 4 is 53.9 Å². The molecule has 6 rings (SSSR count). The molecule has 3 aromatic heterocycles. The topological polar surface area (TPSA) is 238 Å². The number of hydrogen-bond donors (Lipinski definition) is 6. The number of aromatic carboxylic acids is 3. The third kappa shape index (κ3) is 15.7. The van der Waals surface area contributed by atoms with Crippen LogP contribution in [0.5, 0.6) is 0 Å². The number of carboxylic acids is 3. The summed E-state index contributed by atoms with van der Waals surface area (Å²) in [7, 11) is 0.